The topological polar surface area (TPSA) is 71.2 Å². The average Bonchev–Trinajstić information content (AvgIpc) is 2.20. The van der Waals surface area contributed by atoms with Gasteiger partial charge in [-0.25, -0.2) is 4.98 Å². The first-order valence-electron chi connectivity index (χ1n) is 5.27. The number of nitrogens with one attached hydrogen (secondary N) is 1. The Kier molecular flexibility index (Phi) is 4.72. The number of carbonyl (C=O) groups is 1. The van der Waals surface area contributed by atoms with E-state index in [1.54, 1.807) is 6.20 Å². The molecule has 3 N–H and O–H groups in total. The largest absolute Gasteiger partial charge is 0.370 e. The zero-order valence-corrected chi connectivity index (χ0v) is 9.73. The summed E-state index contributed by atoms with van der Waals surface area (Å²) in [7, 11) is 1.85. The van der Waals surface area contributed by atoms with Crippen molar-refractivity contribution < 1.29 is 4.79 Å². The van der Waals surface area contributed by atoms with Crippen molar-refractivity contribution >= 4 is 11.7 Å². The molecule has 0 fully saturated rings. The molecule has 0 aliphatic heterocycles. The molecule has 1 rings (SSSR count). The van der Waals surface area contributed by atoms with Crippen LogP contribution in [0.3, 0.4) is 0 Å². The van der Waals surface area contributed by atoms with Crippen molar-refractivity contribution in [1.82, 2.24) is 9.88 Å². The maximum Gasteiger partial charge on any atom is 0.231 e. The van der Waals surface area contributed by atoms with E-state index in [-0.39, 0.29) is 12.5 Å². The van der Waals surface area contributed by atoms with Crippen LogP contribution in [0.5, 0.6) is 0 Å². The van der Waals surface area contributed by atoms with Crippen molar-refractivity contribution in [3.63, 3.8) is 0 Å². The second-order valence-corrected chi connectivity index (χ2v) is 3.72. The average molecular weight is 222 g/mol. The highest BCUT2D eigenvalue weighted by Crippen LogP contribution is 2.06. The van der Waals surface area contributed by atoms with Crippen LogP contribution < -0.4 is 11.1 Å². The van der Waals surface area contributed by atoms with Crippen LogP contribution in [-0.2, 0) is 11.3 Å². The van der Waals surface area contributed by atoms with Crippen LogP contribution in [0.2, 0.25) is 0 Å². The summed E-state index contributed by atoms with van der Waals surface area (Å²) in [4.78, 5) is 16.8. The van der Waals surface area contributed by atoms with Crippen LogP contribution >= 0.6 is 0 Å². The summed E-state index contributed by atoms with van der Waals surface area (Å²) < 4.78 is 0. The highest BCUT2D eigenvalue weighted by molar-refractivity contribution is 5.75. The van der Waals surface area contributed by atoms with Gasteiger partial charge >= 0.3 is 0 Å². The highest BCUT2D eigenvalue weighted by Gasteiger charge is 2.03. The summed E-state index contributed by atoms with van der Waals surface area (Å²) in [5.74, 6) is 0.545. The first kappa shape index (κ1) is 12.4. The number of anilines is 1. The van der Waals surface area contributed by atoms with E-state index in [1.165, 1.54) is 0 Å². The molecule has 1 aromatic rings. The molecule has 0 atom stereocenters. The van der Waals surface area contributed by atoms with E-state index < -0.39 is 0 Å². The van der Waals surface area contributed by atoms with Crippen molar-refractivity contribution in [2.24, 2.45) is 5.73 Å². The summed E-state index contributed by atoms with van der Waals surface area (Å²) in [5, 5.41) is 3.12. The Morgan fingerprint density at radius 3 is 2.81 bits per heavy atom. The van der Waals surface area contributed by atoms with Gasteiger partial charge in [-0.15, -0.1) is 0 Å². The van der Waals surface area contributed by atoms with Gasteiger partial charge < -0.3 is 11.1 Å². The zero-order chi connectivity index (χ0) is 12.0. The van der Waals surface area contributed by atoms with Gasteiger partial charge in [0.05, 0.1) is 6.54 Å². The smallest absolute Gasteiger partial charge is 0.231 e. The fourth-order valence-corrected chi connectivity index (χ4v) is 1.44. The van der Waals surface area contributed by atoms with Crippen LogP contribution in [0.4, 0.5) is 5.82 Å². The monoisotopic (exact) mass is 222 g/mol. The number of amides is 1. The molecule has 88 valence electrons. The molecule has 0 aliphatic rings. The van der Waals surface area contributed by atoms with Gasteiger partial charge in [-0.05, 0) is 25.6 Å². The number of carbonyl (C=O) groups excluding carboxylic acids is 1. The molecule has 0 spiro atoms. The molecule has 0 saturated heterocycles. The minimum atomic E-state index is -0.320. The Labute approximate surface area is 95.7 Å². The van der Waals surface area contributed by atoms with E-state index in [4.69, 9.17) is 5.73 Å². The molecule has 0 bridgehead atoms. The Bertz CT molecular complexity index is 336. The van der Waals surface area contributed by atoms with E-state index >= 15 is 0 Å². The summed E-state index contributed by atoms with van der Waals surface area (Å²) in [6.45, 7) is 3.81. The van der Waals surface area contributed by atoms with Gasteiger partial charge in [0.1, 0.15) is 5.82 Å². The minimum Gasteiger partial charge on any atom is -0.370 e. The third-order valence-corrected chi connectivity index (χ3v) is 2.06. The summed E-state index contributed by atoms with van der Waals surface area (Å²) >= 11 is 0. The Morgan fingerprint density at radius 1 is 1.56 bits per heavy atom. The second-order valence-electron chi connectivity index (χ2n) is 3.72. The van der Waals surface area contributed by atoms with Gasteiger partial charge in [0.25, 0.3) is 0 Å². The lowest BCUT2D eigenvalue weighted by molar-refractivity contribution is -0.118. The lowest BCUT2D eigenvalue weighted by Crippen LogP contribution is -2.30. The standard InChI is InChI=1S/C11H18N4O/c1-3-13-11-5-4-9(6-14-11)7-15(2)8-10(12)16/h4-6H,3,7-8H2,1-2H3,(H2,12,16)(H,13,14). The van der Waals surface area contributed by atoms with Crippen LogP contribution in [0, 0.1) is 0 Å². The third-order valence-electron chi connectivity index (χ3n) is 2.06. The molecule has 0 aromatic carbocycles. The van der Waals surface area contributed by atoms with Crippen molar-refractivity contribution in [3.05, 3.63) is 23.9 Å². The summed E-state index contributed by atoms with van der Waals surface area (Å²) in [6.07, 6.45) is 1.80. The maximum absolute atomic E-state index is 10.7. The van der Waals surface area contributed by atoms with Crippen molar-refractivity contribution in [1.29, 1.82) is 0 Å². The lowest BCUT2D eigenvalue weighted by Gasteiger charge is -2.14. The number of pyridine rings is 1. The van der Waals surface area contributed by atoms with Crippen LogP contribution in [0.25, 0.3) is 0 Å². The van der Waals surface area contributed by atoms with E-state index in [9.17, 15) is 4.79 Å². The predicted molar refractivity (Wildman–Crippen MR) is 63.9 cm³/mol. The normalized spacial score (nSPS) is 10.4. The molecule has 0 aliphatic carbocycles. The quantitative estimate of drug-likeness (QED) is 0.732. The summed E-state index contributed by atoms with van der Waals surface area (Å²) in [5.41, 5.74) is 6.17. The molecule has 0 radical (unpaired) electrons. The van der Waals surface area contributed by atoms with Gasteiger partial charge in [-0.3, -0.25) is 9.69 Å². The minimum absolute atomic E-state index is 0.259. The van der Waals surface area contributed by atoms with Crippen molar-refractivity contribution in [2.75, 3.05) is 25.5 Å². The summed E-state index contributed by atoms with van der Waals surface area (Å²) in [6, 6.07) is 3.92. The fraction of sp³-hybridized carbons (Fsp3) is 0.455. The molecule has 1 heterocycles. The molecule has 0 unspecified atom stereocenters. The SMILES string of the molecule is CCNc1ccc(CN(C)CC(N)=O)cn1. The van der Waals surface area contributed by atoms with Gasteiger partial charge in [0, 0.05) is 19.3 Å². The molecule has 5 nitrogen and oxygen atoms in total. The Hall–Kier alpha value is -1.62. The first-order valence-corrected chi connectivity index (χ1v) is 5.27. The van der Waals surface area contributed by atoms with Crippen molar-refractivity contribution in [3.8, 4) is 0 Å². The Morgan fingerprint density at radius 2 is 2.31 bits per heavy atom. The number of aromatic nitrogens is 1. The molecule has 16 heavy (non-hydrogen) atoms. The van der Waals surface area contributed by atoms with Gasteiger partial charge in [-0.2, -0.15) is 0 Å². The number of hydrogen-bond acceptors (Lipinski definition) is 4. The number of nitrogens with zero attached hydrogens (tertiary/aromatic N) is 2. The molecule has 0 saturated carbocycles. The second kappa shape index (κ2) is 6.07. The van der Waals surface area contributed by atoms with E-state index in [2.05, 4.69) is 10.3 Å². The number of rotatable bonds is 6. The van der Waals surface area contributed by atoms with E-state index in [0.29, 0.717) is 6.54 Å². The van der Waals surface area contributed by atoms with Crippen LogP contribution in [0.15, 0.2) is 18.3 Å². The van der Waals surface area contributed by atoms with Gasteiger partial charge in [0.2, 0.25) is 5.91 Å². The molecule has 5 heteroatoms. The Balaban J connectivity index is 2.51. The molecule has 1 amide bonds. The molecular formula is C11H18N4O. The van der Waals surface area contributed by atoms with E-state index in [1.807, 2.05) is 31.0 Å². The number of primary amides is 1. The first-order chi connectivity index (χ1) is 7.61. The molecule has 1 aromatic heterocycles. The predicted octanol–water partition coefficient (Wildman–Crippen LogP) is 0.430. The molecular weight excluding hydrogens is 204 g/mol. The number of hydrogen-bond donors (Lipinski definition) is 2. The number of likely N-dealkylation sites (N-methyl/N-ethyl adjacent to an activating group) is 1. The van der Waals surface area contributed by atoms with E-state index in [0.717, 1.165) is 17.9 Å². The lowest BCUT2D eigenvalue weighted by atomic mass is 10.2. The van der Waals surface area contributed by atoms with Crippen LogP contribution in [0.1, 0.15) is 12.5 Å². The van der Waals surface area contributed by atoms with Gasteiger partial charge in [0.15, 0.2) is 0 Å². The number of nitrogens with two attached hydrogens (primary N) is 1. The maximum atomic E-state index is 10.7. The zero-order valence-electron chi connectivity index (χ0n) is 9.73. The third kappa shape index (κ3) is 4.27. The fourth-order valence-electron chi connectivity index (χ4n) is 1.44. The van der Waals surface area contributed by atoms with Crippen molar-refractivity contribution in [2.45, 2.75) is 13.5 Å². The highest BCUT2D eigenvalue weighted by atomic mass is 16.1. The van der Waals surface area contributed by atoms with Gasteiger partial charge in [-0.1, -0.05) is 6.07 Å². The van der Waals surface area contributed by atoms with Crippen LogP contribution in [-0.4, -0.2) is 35.9 Å².